The zero-order valence-electron chi connectivity index (χ0n) is 17.8. The van der Waals surface area contributed by atoms with Crippen LogP contribution in [0.3, 0.4) is 0 Å². The molecule has 1 fully saturated rings. The number of halogens is 1. The molecule has 0 spiro atoms. The lowest BCUT2D eigenvalue weighted by Crippen LogP contribution is -2.10. The average Bonchev–Trinajstić information content (AvgIpc) is 3.45. The van der Waals surface area contributed by atoms with Gasteiger partial charge in [-0.25, -0.2) is 9.37 Å². The molecule has 7 heteroatoms. The van der Waals surface area contributed by atoms with Gasteiger partial charge >= 0.3 is 0 Å². The van der Waals surface area contributed by atoms with E-state index >= 15 is 0 Å². The highest BCUT2D eigenvalue weighted by Gasteiger charge is 2.18. The van der Waals surface area contributed by atoms with Crippen LogP contribution in [0.15, 0.2) is 48.8 Å². The summed E-state index contributed by atoms with van der Waals surface area (Å²) in [6.45, 7) is 2.12. The Morgan fingerprint density at radius 3 is 2.81 bits per heavy atom. The Kier molecular flexibility index (Phi) is 5.38. The summed E-state index contributed by atoms with van der Waals surface area (Å²) in [5, 5.41) is 17.9. The van der Waals surface area contributed by atoms with E-state index < -0.39 is 5.82 Å². The molecule has 0 saturated carbocycles. The minimum Gasteiger partial charge on any atom is -0.316 e. The number of nitrogens with zero attached hydrogens (tertiary/aromatic N) is 5. The number of hydrogen-bond acceptors (Lipinski definition) is 5. The van der Waals surface area contributed by atoms with Crippen molar-refractivity contribution in [1.82, 2.24) is 25.1 Å². The summed E-state index contributed by atoms with van der Waals surface area (Å²) in [4.78, 5) is 9.67. The lowest BCUT2D eigenvalue weighted by Gasteiger charge is -2.13. The first-order valence-corrected chi connectivity index (χ1v) is 10.8. The molecule has 2 aromatic heterocycles. The van der Waals surface area contributed by atoms with Crippen molar-refractivity contribution in [2.45, 2.75) is 19.3 Å². The molecule has 0 bridgehead atoms. The number of benzene rings is 2. The molecule has 1 aliphatic rings. The highest BCUT2D eigenvalue weighted by Crippen LogP contribution is 2.32. The standard InChI is InChI=1S/C25H23FN6/c1-32-15-20-10-17(5-7-23(20)31-32)24-25(18-3-4-19(12-27)22(26)11-18)30-21(14-29-24)6-2-16-8-9-28-13-16/h3-5,7,10-11,14-16,28H,2,6,8-9,13H2,1H3. The summed E-state index contributed by atoms with van der Waals surface area (Å²) in [6, 6.07) is 12.4. The maximum Gasteiger partial charge on any atom is 0.141 e. The highest BCUT2D eigenvalue weighted by molar-refractivity contribution is 5.87. The third-order valence-corrected chi connectivity index (χ3v) is 6.05. The predicted octanol–water partition coefficient (Wildman–Crippen LogP) is 4.25. The van der Waals surface area contributed by atoms with Crippen LogP contribution in [0.1, 0.15) is 24.1 Å². The Morgan fingerprint density at radius 1 is 1.19 bits per heavy atom. The molecule has 0 radical (unpaired) electrons. The maximum atomic E-state index is 14.4. The monoisotopic (exact) mass is 426 g/mol. The Labute approximate surface area is 185 Å². The van der Waals surface area contributed by atoms with Gasteiger partial charge in [0.05, 0.1) is 28.2 Å². The molecule has 1 aliphatic heterocycles. The van der Waals surface area contributed by atoms with E-state index in [0.717, 1.165) is 48.1 Å². The second kappa shape index (κ2) is 8.48. The molecule has 4 aromatic rings. The van der Waals surface area contributed by atoms with E-state index in [1.54, 1.807) is 10.7 Å². The summed E-state index contributed by atoms with van der Waals surface area (Å²) in [5.74, 6) is 0.100. The van der Waals surface area contributed by atoms with Crippen LogP contribution in [-0.4, -0.2) is 32.8 Å². The Hall–Kier alpha value is -3.63. The molecule has 2 aromatic carbocycles. The lowest BCUT2D eigenvalue weighted by atomic mass is 9.99. The molecule has 160 valence electrons. The molecule has 3 heterocycles. The third kappa shape index (κ3) is 3.97. The summed E-state index contributed by atoms with van der Waals surface area (Å²) >= 11 is 0. The smallest absolute Gasteiger partial charge is 0.141 e. The maximum absolute atomic E-state index is 14.4. The SMILES string of the molecule is Cn1cc2cc(-c3ncc(CCC4CCNC4)nc3-c3ccc(C#N)c(F)c3)ccc2n1. The molecular formula is C25H23FN6. The molecule has 5 rings (SSSR count). The predicted molar refractivity (Wildman–Crippen MR) is 121 cm³/mol. The Balaban J connectivity index is 1.57. The van der Waals surface area contributed by atoms with Crippen molar-refractivity contribution in [2.24, 2.45) is 13.0 Å². The third-order valence-electron chi connectivity index (χ3n) is 6.05. The van der Waals surface area contributed by atoms with Gasteiger partial charge in [0.25, 0.3) is 0 Å². The van der Waals surface area contributed by atoms with E-state index in [1.807, 2.05) is 43.7 Å². The Bertz CT molecular complexity index is 1330. The second-order valence-electron chi connectivity index (χ2n) is 8.34. The zero-order valence-corrected chi connectivity index (χ0v) is 17.8. The van der Waals surface area contributed by atoms with E-state index in [-0.39, 0.29) is 5.56 Å². The topological polar surface area (TPSA) is 79.4 Å². The van der Waals surface area contributed by atoms with Gasteiger partial charge in [0.15, 0.2) is 0 Å². The van der Waals surface area contributed by atoms with Crippen LogP contribution in [0, 0.1) is 23.1 Å². The first-order valence-electron chi connectivity index (χ1n) is 10.8. The van der Waals surface area contributed by atoms with Gasteiger partial charge in [-0.15, -0.1) is 0 Å². The summed E-state index contributed by atoms with van der Waals surface area (Å²) in [5.41, 5.74) is 4.62. The van der Waals surface area contributed by atoms with E-state index in [9.17, 15) is 4.39 Å². The molecular weight excluding hydrogens is 403 g/mol. The molecule has 1 atom stereocenters. The van der Waals surface area contributed by atoms with Crippen molar-refractivity contribution in [3.63, 3.8) is 0 Å². The van der Waals surface area contributed by atoms with Gasteiger partial charge in [-0.05, 0) is 62.5 Å². The van der Waals surface area contributed by atoms with Gasteiger partial charge in [0.1, 0.15) is 11.9 Å². The van der Waals surface area contributed by atoms with Crippen molar-refractivity contribution in [2.75, 3.05) is 13.1 Å². The van der Waals surface area contributed by atoms with Gasteiger partial charge in [-0.3, -0.25) is 9.67 Å². The van der Waals surface area contributed by atoms with Crippen LogP contribution in [0.4, 0.5) is 4.39 Å². The van der Waals surface area contributed by atoms with Gasteiger partial charge < -0.3 is 5.32 Å². The summed E-state index contributed by atoms with van der Waals surface area (Å²) < 4.78 is 16.2. The number of nitrogens with one attached hydrogen (secondary N) is 1. The lowest BCUT2D eigenvalue weighted by molar-refractivity contribution is 0.529. The fourth-order valence-electron chi connectivity index (χ4n) is 4.32. The molecule has 0 amide bonds. The van der Waals surface area contributed by atoms with Crippen molar-refractivity contribution in [1.29, 1.82) is 5.26 Å². The fourth-order valence-corrected chi connectivity index (χ4v) is 4.32. The van der Waals surface area contributed by atoms with E-state index in [2.05, 4.69) is 10.4 Å². The molecule has 1 unspecified atom stereocenters. The van der Waals surface area contributed by atoms with Crippen LogP contribution in [0.5, 0.6) is 0 Å². The van der Waals surface area contributed by atoms with Crippen LogP contribution in [0.2, 0.25) is 0 Å². The van der Waals surface area contributed by atoms with Crippen molar-refractivity contribution >= 4 is 10.9 Å². The van der Waals surface area contributed by atoms with Crippen LogP contribution < -0.4 is 5.32 Å². The number of aryl methyl sites for hydroxylation is 2. The summed E-state index contributed by atoms with van der Waals surface area (Å²) in [6.07, 6.45) is 6.84. The van der Waals surface area contributed by atoms with Crippen molar-refractivity contribution in [3.8, 4) is 28.6 Å². The van der Waals surface area contributed by atoms with Crippen LogP contribution in [0.25, 0.3) is 33.4 Å². The van der Waals surface area contributed by atoms with Gasteiger partial charge in [0, 0.05) is 36.0 Å². The minimum absolute atomic E-state index is 0.0185. The molecule has 1 N–H and O–H groups in total. The van der Waals surface area contributed by atoms with Gasteiger partial charge in [-0.2, -0.15) is 10.4 Å². The quantitative estimate of drug-likeness (QED) is 0.516. The molecule has 32 heavy (non-hydrogen) atoms. The first-order chi connectivity index (χ1) is 15.6. The van der Waals surface area contributed by atoms with Crippen LogP contribution >= 0.6 is 0 Å². The van der Waals surface area contributed by atoms with E-state index in [0.29, 0.717) is 22.9 Å². The number of fused-ring (bicyclic) bond motifs is 1. The van der Waals surface area contributed by atoms with Gasteiger partial charge in [-0.1, -0.05) is 12.1 Å². The average molecular weight is 426 g/mol. The van der Waals surface area contributed by atoms with E-state index in [1.165, 1.54) is 18.6 Å². The fraction of sp³-hybridized carbons (Fsp3) is 0.280. The van der Waals surface area contributed by atoms with Crippen molar-refractivity contribution < 1.29 is 4.39 Å². The second-order valence-corrected chi connectivity index (χ2v) is 8.34. The number of nitriles is 1. The Morgan fingerprint density at radius 2 is 2.03 bits per heavy atom. The highest BCUT2D eigenvalue weighted by atomic mass is 19.1. The number of hydrogen-bond donors (Lipinski definition) is 1. The molecule has 6 nitrogen and oxygen atoms in total. The number of aromatic nitrogens is 4. The van der Waals surface area contributed by atoms with Crippen molar-refractivity contribution in [3.05, 3.63) is 65.9 Å². The number of rotatable bonds is 5. The zero-order chi connectivity index (χ0) is 22.1. The normalized spacial score (nSPS) is 15.8. The van der Waals surface area contributed by atoms with Crippen LogP contribution in [-0.2, 0) is 13.5 Å². The first kappa shape index (κ1) is 20.3. The van der Waals surface area contributed by atoms with E-state index in [4.69, 9.17) is 15.2 Å². The molecule has 0 aliphatic carbocycles. The molecule has 1 saturated heterocycles. The van der Waals surface area contributed by atoms with Gasteiger partial charge in [0.2, 0.25) is 0 Å². The summed E-state index contributed by atoms with van der Waals surface area (Å²) in [7, 11) is 1.89. The largest absolute Gasteiger partial charge is 0.316 e. The minimum atomic E-state index is -0.553.